The summed E-state index contributed by atoms with van der Waals surface area (Å²) in [5, 5.41) is 3.51. The molecule has 0 bridgehead atoms. The molecule has 3 rings (SSSR count). The smallest absolute Gasteiger partial charge is 0.165 e. The van der Waals surface area contributed by atoms with Crippen molar-refractivity contribution >= 4 is 17.1 Å². The SMILES string of the molecule is CCCCC(=O)/C(=C(/NCc1ccccc1)c1ccc(C)cc1)c1ccc(F)cc1. The topological polar surface area (TPSA) is 29.1 Å². The number of carbonyl (C=O) groups excluding carboxylic acids is 1. The molecule has 0 saturated heterocycles. The molecule has 30 heavy (non-hydrogen) atoms. The highest BCUT2D eigenvalue weighted by Crippen LogP contribution is 2.28. The molecular weight excluding hydrogens is 373 g/mol. The van der Waals surface area contributed by atoms with Gasteiger partial charge in [-0.15, -0.1) is 0 Å². The number of allylic oxidation sites excluding steroid dienone is 1. The summed E-state index contributed by atoms with van der Waals surface area (Å²) in [5.41, 5.74) is 5.35. The maximum absolute atomic E-state index is 13.6. The monoisotopic (exact) mass is 401 g/mol. The van der Waals surface area contributed by atoms with Crippen LogP contribution >= 0.6 is 0 Å². The van der Waals surface area contributed by atoms with E-state index in [0.29, 0.717) is 18.5 Å². The minimum atomic E-state index is -0.312. The predicted octanol–water partition coefficient (Wildman–Crippen LogP) is 6.55. The van der Waals surface area contributed by atoms with Gasteiger partial charge < -0.3 is 5.32 Å². The molecule has 0 radical (unpaired) electrons. The van der Waals surface area contributed by atoms with Gasteiger partial charge >= 0.3 is 0 Å². The van der Waals surface area contributed by atoms with Crippen molar-refractivity contribution in [2.45, 2.75) is 39.7 Å². The van der Waals surface area contributed by atoms with E-state index in [9.17, 15) is 9.18 Å². The van der Waals surface area contributed by atoms with Crippen molar-refractivity contribution in [2.24, 2.45) is 0 Å². The molecule has 0 amide bonds. The molecule has 0 heterocycles. The van der Waals surface area contributed by atoms with E-state index in [1.165, 1.54) is 12.1 Å². The number of Topliss-reactive ketones (excluding diaryl/α,β-unsaturated/α-hetero) is 1. The number of nitrogens with one attached hydrogen (secondary N) is 1. The molecule has 154 valence electrons. The van der Waals surface area contributed by atoms with Gasteiger partial charge in [0.15, 0.2) is 5.78 Å². The molecule has 0 aromatic heterocycles. The predicted molar refractivity (Wildman–Crippen MR) is 122 cm³/mol. The van der Waals surface area contributed by atoms with Gasteiger partial charge in [-0.3, -0.25) is 4.79 Å². The number of hydrogen-bond donors (Lipinski definition) is 1. The molecule has 0 fully saturated rings. The van der Waals surface area contributed by atoms with E-state index in [-0.39, 0.29) is 11.6 Å². The Morgan fingerprint density at radius 1 is 0.867 bits per heavy atom. The number of halogens is 1. The normalized spacial score (nSPS) is 11.7. The van der Waals surface area contributed by atoms with E-state index in [4.69, 9.17) is 0 Å². The fraction of sp³-hybridized carbons (Fsp3) is 0.222. The first-order valence-corrected chi connectivity index (χ1v) is 10.5. The second kappa shape index (κ2) is 10.5. The first-order chi connectivity index (χ1) is 14.6. The molecule has 3 aromatic carbocycles. The van der Waals surface area contributed by atoms with E-state index < -0.39 is 0 Å². The minimum Gasteiger partial charge on any atom is -0.380 e. The van der Waals surface area contributed by atoms with Gasteiger partial charge in [-0.2, -0.15) is 0 Å². The summed E-state index contributed by atoms with van der Waals surface area (Å²) in [5.74, 6) is -0.243. The average molecular weight is 402 g/mol. The number of rotatable bonds is 9. The van der Waals surface area contributed by atoms with Crippen LogP contribution in [-0.4, -0.2) is 5.78 Å². The molecule has 0 saturated carbocycles. The fourth-order valence-corrected chi connectivity index (χ4v) is 3.36. The Labute approximate surface area is 178 Å². The Morgan fingerprint density at radius 3 is 2.13 bits per heavy atom. The highest BCUT2D eigenvalue weighted by Gasteiger charge is 2.19. The van der Waals surface area contributed by atoms with Crippen LogP contribution in [0.2, 0.25) is 0 Å². The van der Waals surface area contributed by atoms with Crippen LogP contribution in [0.15, 0.2) is 78.9 Å². The van der Waals surface area contributed by atoms with Crippen molar-refractivity contribution in [3.63, 3.8) is 0 Å². The number of benzene rings is 3. The lowest BCUT2D eigenvalue weighted by atomic mass is 9.93. The van der Waals surface area contributed by atoms with Crippen molar-refractivity contribution in [2.75, 3.05) is 0 Å². The van der Waals surface area contributed by atoms with Gasteiger partial charge in [-0.1, -0.05) is 85.6 Å². The minimum absolute atomic E-state index is 0.0691. The largest absolute Gasteiger partial charge is 0.380 e. The van der Waals surface area contributed by atoms with Crippen molar-refractivity contribution in [3.8, 4) is 0 Å². The zero-order valence-electron chi connectivity index (χ0n) is 17.6. The Hall–Kier alpha value is -3.20. The molecular formula is C27H28FNO. The van der Waals surface area contributed by atoms with Crippen LogP contribution in [0, 0.1) is 12.7 Å². The second-order valence-electron chi connectivity index (χ2n) is 7.49. The molecule has 3 aromatic rings. The number of hydrogen-bond acceptors (Lipinski definition) is 2. The highest BCUT2D eigenvalue weighted by molar-refractivity contribution is 6.27. The van der Waals surface area contributed by atoms with E-state index in [2.05, 4.69) is 24.4 Å². The van der Waals surface area contributed by atoms with E-state index >= 15 is 0 Å². The quantitative estimate of drug-likeness (QED) is 0.325. The van der Waals surface area contributed by atoms with Gasteiger partial charge in [0.1, 0.15) is 5.82 Å². The summed E-state index contributed by atoms with van der Waals surface area (Å²) >= 11 is 0. The van der Waals surface area contributed by atoms with E-state index in [0.717, 1.165) is 40.8 Å². The zero-order valence-corrected chi connectivity index (χ0v) is 17.6. The van der Waals surface area contributed by atoms with Crippen LogP contribution < -0.4 is 5.32 Å². The Balaban J connectivity index is 2.11. The van der Waals surface area contributed by atoms with Crippen LogP contribution in [0.4, 0.5) is 4.39 Å². The fourth-order valence-electron chi connectivity index (χ4n) is 3.36. The molecule has 0 atom stereocenters. The Morgan fingerprint density at radius 2 is 1.50 bits per heavy atom. The lowest BCUT2D eigenvalue weighted by Crippen LogP contribution is -2.17. The summed E-state index contributed by atoms with van der Waals surface area (Å²) in [6, 6.07) is 24.4. The summed E-state index contributed by atoms with van der Waals surface area (Å²) < 4.78 is 13.6. The first kappa shape index (κ1) is 21.5. The maximum Gasteiger partial charge on any atom is 0.165 e. The van der Waals surface area contributed by atoms with E-state index in [1.807, 2.05) is 49.4 Å². The second-order valence-corrected chi connectivity index (χ2v) is 7.49. The number of unbranched alkanes of at least 4 members (excludes halogenated alkanes) is 1. The average Bonchev–Trinajstić information content (AvgIpc) is 2.77. The third-order valence-electron chi connectivity index (χ3n) is 5.07. The standard InChI is InChI=1S/C27H28FNO/c1-3-4-10-25(30)26(22-15-17-24(28)18-16-22)27(23-13-11-20(2)12-14-23)29-19-21-8-6-5-7-9-21/h5-9,11-18,29H,3-4,10,19H2,1-2H3/b27-26+. The number of ketones is 1. The van der Waals surface area contributed by atoms with Crippen LogP contribution in [0.25, 0.3) is 11.3 Å². The molecule has 0 aliphatic carbocycles. The van der Waals surface area contributed by atoms with Gasteiger partial charge in [-0.05, 0) is 42.2 Å². The van der Waals surface area contributed by atoms with Crippen molar-refractivity contribution < 1.29 is 9.18 Å². The molecule has 0 aliphatic rings. The summed E-state index contributed by atoms with van der Waals surface area (Å²) in [4.78, 5) is 13.3. The third-order valence-corrected chi connectivity index (χ3v) is 5.07. The van der Waals surface area contributed by atoms with Crippen LogP contribution in [0.1, 0.15) is 48.4 Å². The lowest BCUT2D eigenvalue weighted by molar-refractivity contribution is -0.113. The van der Waals surface area contributed by atoms with Crippen molar-refractivity contribution in [1.82, 2.24) is 5.32 Å². The molecule has 0 unspecified atom stereocenters. The molecule has 2 nitrogen and oxygen atoms in total. The molecule has 0 aliphatic heterocycles. The first-order valence-electron chi connectivity index (χ1n) is 10.5. The Bertz CT molecular complexity index is 989. The van der Waals surface area contributed by atoms with Crippen LogP contribution in [0.5, 0.6) is 0 Å². The van der Waals surface area contributed by atoms with Crippen molar-refractivity contribution in [3.05, 3.63) is 107 Å². The summed E-state index contributed by atoms with van der Waals surface area (Å²) in [7, 11) is 0. The van der Waals surface area contributed by atoms with Crippen LogP contribution in [0.3, 0.4) is 0 Å². The van der Waals surface area contributed by atoms with Gasteiger partial charge in [0.25, 0.3) is 0 Å². The number of carbonyl (C=O) groups is 1. The van der Waals surface area contributed by atoms with Gasteiger partial charge in [0, 0.05) is 18.5 Å². The van der Waals surface area contributed by atoms with Crippen LogP contribution in [-0.2, 0) is 11.3 Å². The van der Waals surface area contributed by atoms with E-state index in [1.54, 1.807) is 12.1 Å². The summed E-state index contributed by atoms with van der Waals surface area (Å²) in [6.07, 6.45) is 2.23. The van der Waals surface area contributed by atoms with Gasteiger partial charge in [-0.25, -0.2) is 4.39 Å². The maximum atomic E-state index is 13.6. The zero-order chi connectivity index (χ0) is 21.3. The third kappa shape index (κ3) is 5.66. The van der Waals surface area contributed by atoms with Gasteiger partial charge in [0.2, 0.25) is 0 Å². The van der Waals surface area contributed by atoms with Gasteiger partial charge in [0.05, 0.1) is 5.70 Å². The molecule has 1 N–H and O–H groups in total. The van der Waals surface area contributed by atoms with Crippen molar-refractivity contribution in [1.29, 1.82) is 0 Å². The summed E-state index contributed by atoms with van der Waals surface area (Å²) in [6.45, 7) is 4.71. The lowest BCUT2D eigenvalue weighted by Gasteiger charge is -2.18. The molecule has 0 spiro atoms. The highest BCUT2D eigenvalue weighted by atomic mass is 19.1. The Kier molecular flexibility index (Phi) is 7.56. The number of aryl methyl sites for hydroxylation is 1. The molecule has 3 heteroatoms.